The van der Waals surface area contributed by atoms with Crippen molar-refractivity contribution in [3.8, 4) is 5.88 Å². The number of aromatic nitrogens is 2. The number of methoxy groups -OCH3 is 1. The lowest BCUT2D eigenvalue weighted by atomic mass is 10.2. The van der Waals surface area contributed by atoms with Gasteiger partial charge in [0, 0.05) is 18.2 Å². The fraction of sp³-hybridized carbons (Fsp3) is 0.500. The average Bonchev–Trinajstić information content (AvgIpc) is 2.08. The second-order valence-electron chi connectivity index (χ2n) is 2.69. The molecule has 12 heavy (non-hydrogen) atoms. The highest BCUT2D eigenvalue weighted by Gasteiger charge is 2.07. The predicted molar refractivity (Wildman–Crippen MR) is 45.5 cm³/mol. The molecule has 0 fully saturated rings. The molecule has 0 aliphatic carbocycles. The van der Waals surface area contributed by atoms with Gasteiger partial charge < -0.3 is 4.74 Å². The van der Waals surface area contributed by atoms with E-state index in [0.29, 0.717) is 11.4 Å². The van der Waals surface area contributed by atoms with E-state index in [0.717, 1.165) is 5.56 Å². The smallest absolute Gasteiger partial charge is 0.269 e. The zero-order chi connectivity index (χ0) is 9.30. The van der Waals surface area contributed by atoms with Crippen molar-refractivity contribution in [3.05, 3.63) is 21.5 Å². The van der Waals surface area contributed by atoms with Crippen LogP contribution in [0.5, 0.6) is 5.88 Å². The van der Waals surface area contributed by atoms with Gasteiger partial charge in [-0.3, -0.25) is 4.79 Å². The summed E-state index contributed by atoms with van der Waals surface area (Å²) in [4.78, 5) is 11.3. The van der Waals surface area contributed by atoms with Crippen molar-refractivity contribution in [3.63, 3.8) is 0 Å². The monoisotopic (exact) mass is 168 g/mol. The van der Waals surface area contributed by atoms with Gasteiger partial charge in [-0.25, -0.2) is 4.68 Å². The Hall–Kier alpha value is -1.32. The Kier molecular flexibility index (Phi) is 2.17. The molecule has 66 valence electrons. The van der Waals surface area contributed by atoms with Crippen molar-refractivity contribution >= 4 is 0 Å². The van der Waals surface area contributed by atoms with Crippen LogP contribution < -0.4 is 10.3 Å². The highest BCUT2D eigenvalue weighted by molar-refractivity contribution is 5.29. The van der Waals surface area contributed by atoms with Crippen LogP contribution in [0.3, 0.4) is 0 Å². The number of aryl methyl sites for hydroxylation is 1. The van der Waals surface area contributed by atoms with Gasteiger partial charge in [-0.1, -0.05) is 0 Å². The molecular formula is C8H12N2O2. The molecule has 4 nitrogen and oxygen atoms in total. The van der Waals surface area contributed by atoms with Crippen molar-refractivity contribution < 1.29 is 4.74 Å². The third-order valence-corrected chi connectivity index (χ3v) is 1.93. The summed E-state index contributed by atoms with van der Waals surface area (Å²) in [7, 11) is 3.15. The predicted octanol–water partition coefficient (Wildman–Crippen LogP) is 0.406. The van der Waals surface area contributed by atoms with E-state index in [2.05, 4.69) is 5.10 Å². The molecule has 0 saturated heterocycles. The van der Waals surface area contributed by atoms with Gasteiger partial charge in [-0.15, -0.1) is 5.10 Å². The summed E-state index contributed by atoms with van der Waals surface area (Å²) < 4.78 is 6.27. The van der Waals surface area contributed by atoms with Crippen molar-refractivity contribution in [1.29, 1.82) is 0 Å². The van der Waals surface area contributed by atoms with E-state index in [1.807, 2.05) is 6.92 Å². The number of ether oxygens (including phenoxy) is 1. The lowest BCUT2D eigenvalue weighted by molar-refractivity contribution is 0.377. The minimum atomic E-state index is -0.0756. The largest absolute Gasteiger partial charge is 0.480 e. The Labute approximate surface area is 70.8 Å². The quantitative estimate of drug-likeness (QED) is 0.610. The Balaban J connectivity index is 3.50. The molecule has 1 rings (SSSR count). The zero-order valence-electron chi connectivity index (χ0n) is 7.71. The van der Waals surface area contributed by atoms with Gasteiger partial charge in [0.15, 0.2) is 0 Å². The maximum Gasteiger partial charge on any atom is 0.269 e. The molecule has 0 aliphatic heterocycles. The topological polar surface area (TPSA) is 44.1 Å². The molecule has 0 spiro atoms. The van der Waals surface area contributed by atoms with E-state index in [9.17, 15) is 4.79 Å². The molecule has 1 aromatic heterocycles. The minimum Gasteiger partial charge on any atom is -0.480 e. The molecule has 0 aromatic carbocycles. The van der Waals surface area contributed by atoms with E-state index < -0.39 is 0 Å². The third-order valence-electron chi connectivity index (χ3n) is 1.93. The van der Waals surface area contributed by atoms with Gasteiger partial charge in [-0.05, 0) is 13.8 Å². The summed E-state index contributed by atoms with van der Waals surface area (Å²) in [5.41, 5.74) is 1.42. The second kappa shape index (κ2) is 2.97. The summed E-state index contributed by atoms with van der Waals surface area (Å²) in [6.45, 7) is 3.59. The molecule has 1 heterocycles. The molecule has 0 saturated carbocycles. The Morgan fingerprint density at radius 3 is 2.42 bits per heavy atom. The number of hydrogen-bond donors (Lipinski definition) is 0. The molecule has 0 N–H and O–H groups in total. The van der Waals surface area contributed by atoms with E-state index in [4.69, 9.17) is 4.74 Å². The van der Waals surface area contributed by atoms with Crippen LogP contribution in [0.4, 0.5) is 0 Å². The van der Waals surface area contributed by atoms with E-state index in [1.54, 1.807) is 21.1 Å². The van der Waals surface area contributed by atoms with Crippen LogP contribution >= 0.6 is 0 Å². The fourth-order valence-corrected chi connectivity index (χ4v) is 1.01. The fourth-order valence-electron chi connectivity index (χ4n) is 1.01. The van der Waals surface area contributed by atoms with Gasteiger partial charge in [0.2, 0.25) is 5.88 Å². The SMILES string of the molecule is COc1nn(C)c(=O)c(C)c1C. The summed E-state index contributed by atoms with van der Waals surface area (Å²) in [5.74, 6) is 0.509. The van der Waals surface area contributed by atoms with E-state index in [1.165, 1.54) is 4.68 Å². The zero-order valence-corrected chi connectivity index (χ0v) is 7.71. The first kappa shape index (κ1) is 8.77. The summed E-state index contributed by atoms with van der Waals surface area (Å²) in [6.07, 6.45) is 0. The van der Waals surface area contributed by atoms with Gasteiger partial charge >= 0.3 is 0 Å². The molecule has 1 aromatic rings. The van der Waals surface area contributed by atoms with Crippen LogP contribution in [0.1, 0.15) is 11.1 Å². The molecule has 0 amide bonds. The van der Waals surface area contributed by atoms with Crippen LogP contribution in [-0.4, -0.2) is 16.9 Å². The van der Waals surface area contributed by atoms with Gasteiger partial charge in [0.25, 0.3) is 5.56 Å². The third kappa shape index (κ3) is 1.20. The first-order valence-electron chi connectivity index (χ1n) is 3.66. The molecule has 0 radical (unpaired) electrons. The average molecular weight is 168 g/mol. The lowest BCUT2D eigenvalue weighted by Crippen LogP contribution is -2.23. The summed E-state index contributed by atoms with van der Waals surface area (Å²) in [6, 6.07) is 0. The highest BCUT2D eigenvalue weighted by Crippen LogP contribution is 2.12. The van der Waals surface area contributed by atoms with Crippen molar-refractivity contribution in [2.75, 3.05) is 7.11 Å². The van der Waals surface area contributed by atoms with Crippen LogP contribution in [0.2, 0.25) is 0 Å². The Morgan fingerprint density at radius 1 is 1.33 bits per heavy atom. The molecule has 0 unspecified atom stereocenters. The van der Waals surface area contributed by atoms with Gasteiger partial charge in [0.05, 0.1) is 7.11 Å². The lowest BCUT2D eigenvalue weighted by Gasteiger charge is -2.07. The van der Waals surface area contributed by atoms with E-state index in [-0.39, 0.29) is 5.56 Å². The number of hydrogen-bond acceptors (Lipinski definition) is 3. The van der Waals surface area contributed by atoms with E-state index >= 15 is 0 Å². The van der Waals surface area contributed by atoms with Crippen molar-refractivity contribution in [1.82, 2.24) is 9.78 Å². The molecule has 4 heteroatoms. The maximum atomic E-state index is 11.3. The van der Waals surface area contributed by atoms with Crippen molar-refractivity contribution in [2.45, 2.75) is 13.8 Å². The van der Waals surface area contributed by atoms with Crippen LogP contribution in [0, 0.1) is 13.8 Å². The first-order valence-corrected chi connectivity index (χ1v) is 3.66. The normalized spacial score (nSPS) is 10.0. The first-order chi connectivity index (χ1) is 5.57. The second-order valence-corrected chi connectivity index (χ2v) is 2.69. The summed E-state index contributed by atoms with van der Waals surface area (Å²) >= 11 is 0. The molecule has 0 aliphatic rings. The molecular weight excluding hydrogens is 156 g/mol. The number of nitrogens with zero attached hydrogens (tertiary/aromatic N) is 2. The Bertz CT molecular complexity index is 355. The maximum absolute atomic E-state index is 11.3. The van der Waals surface area contributed by atoms with Crippen LogP contribution in [0.25, 0.3) is 0 Å². The van der Waals surface area contributed by atoms with Gasteiger partial charge in [0.1, 0.15) is 0 Å². The van der Waals surface area contributed by atoms with Crippen LogP contribution in [0.15, 0.2) is 4.79 Å². The molecule has 0 atom stereocenters. The molecule has 0 bridgehead atoms. The van der Waals surface area contributed by atoms with Crippen LogP contribution in [-0.2, 0) is 7.05 Å². The standard InChI is InChI=1S/C8H12N2O2/c1-5-6(2)8(11)10(3)9-7(5)12-4/h1-4H3. The number of rotatable bonds is 1. The summed E-state index contributed by atoms with van der Waals surface area (Å²) in [5, 5.41) is 3.93. The highest BCUT2D eigenvalue weighted by atomic mass is 16.5. The Morgan fingerprint density at radius 2 is 1.92 bits per heavy atom. The minimum absolute atomic E-state index is 0.0756. The van der Waals surface area contributed by atoms with Gasteiger partial charge in [-0.2, -0.15) is 0 Å². The van der Waals surface area contributed by atoms with Crippen molar-refractivity contribution in [2.24, 2.45) is 7.05 Å².